The second-order valence-corrected chi connectivity index (χ2v) is 7.31. The number of furan rings is 1. The Bertz CT molecular complexity index is 928. The molecule has 0 aliphatic carbocycles. The van der Waals surface area contributed by atoms with Gasteiger partial charge in [-0.15, -0.1) is 11.3 Å². The van der Waals surface area contributed by atoms with Crippen LogP contribution in [0.15, 0.2) is 40.8 Å². The number of carbonyl (C=O) groups excluding carboxylic acids is 1. The van der Waals surface area contributed by atoms with Crippen molar-refractivity contribution < 1.29 is 19.1 Å². The molecule has 2 atom stereocenters. The van der Waals surface area contributed by atoms with Crippen LogP contribution in [0.1, 0.15) is 17.5 Å². The van der Waals surface area contributed by atoms with Gasteiger partial charge in [-0.05, 0) is 30.2 Å². The number of carboxylic acids is 1. The third-order valence-electron chi connectivity index (χ3n) is 4.54. The van der Waals surface area contributed by atoms with Crippen LogP contribution in [0, 0.1) is 11.8 Å². The Balaban J connectivity index is 1.57. The van der Waals surface area contributed by atoms with Gasteiger partial charge in [-0.1, -0.05) is 19.1 Å². The first-order valence-corrected chi connectivity index (χ1v) is 8.82. The number of amides is 1. The van der Waals surface area contributed by atoms with E-state index in [4.69, 9.17) is 4.42 Å². The fourth-order valence-electron chi connectivity index (χ4n) is 3.16. The maximum atomic E-state index is 12.6. The minimum absolute atomic E-state index is 0.0693. The summed E-state index contributed by atoms with van der Waals surface area (Å²) in [6.07, 6.45) is 0. The van der Waals surface area contributed by atoms with E-state index >= 15 is 0 Å². The fraction of sp³-hybridized carbons (Fsp3) is 0.278. The van der Waals surface area contributed by atoms with Gasteiger partial charge >= 0.3 is 5.97 Å². The number of likely N-dealkylation sites (tertiary alicyclic amines) is 1. The number of thiazole rings is 1. The van der Waals surface area contributed by atoms with Gasteiger partial charge in [0.1, 0.15) is 0 Å². The first-order valence-electron chi connectivity index (χ1n) is 8.01. The summed E-state index contributed by atoms with van der Waals surface area (Å²) in [4.78, 5) is 29.9. The van der Waals surface area contributed by atoms with Gasteiger partial charge in [-0.3, -0.25) is 9.59 Å². The lowest BCUT2D eigenvalue weighted by Gasteiger charge is -2.13. The SMILES string of the molecule is C[C@@H]1CN(C(=O)c2ccc(-c3nc4ccccc4s3)o2)C[C@H]1C(=O)O. The van der Waals surface area contributed by atoms with E-state index in [9.17, 15) is 14.7 Å². The molecule has 1 aliphatic heterocycles. The largest absolute Gasteiger partial charge is 0.481 e. The third-order valence-corrected chi connectivity index (χ3v) is 5.59. The number of carboxylic acid groups (broad SMARTS) is 1. The van der Waals surface area contributed by atoms with E-state index in [2.05, 4.69) is 4.98 Å². The molecule has 3 aromatic rings. The van der Waals surface area contributed by atoms with E-state index < -0.39 is 11.9 Å². The van der Waals surface area contributed by atoms with Crippen LogP contribution in [0.5, 0.6) is 0 Å². The molecule has 128 valence electrons. The molecule has 0 bridgehead atoms. The minimum atomic E-state index is -0.864. The van der Waals surface area contributed by atoms with E-state index in [-0.39, 0.29) is 24.1 Å². The highest BCUT2D eigenvalue weighted by atomic mass is 32.1. The van der Waals surface area contributed by atoms with Gasteiger partial charge in [-0.25, -0.2) is 4.98 Å². The number of hydrogen-bond donors (Lipinski definition) is 1. The van der Waals surface area contributed by atoms with Crippen LogP contribution in [0.4, 0.5) is 0 Å². The smallest absolute Gasteiger partial charge is 0.308 e. The van der Waals surface area contributed by atoms with Gasteiger partial charge in [0.15, 0.2) is 16.5 Å². The van der Waals surface area contributed by atoms with Crippen LogP contribution in [-0.2, 0) is 4.79 Å². The minimum Gasteiger partial charge on any atom is -0.481 e. The molecule has 1 amide bonds. The lowest BCUT2D eigenvalue weighted by Crippen LogP contribution is -2.29. The highest BCUT2D eigenvalue weighted by molar-refractivity contribution is 7.21. The summed E-state index contributed by atoms with van der Waals surface area (Å²) in [5.74, 6) is -0.970. The van der Waals surface area contributed by atoms with E-state index in [0.29, 0.717) is 12.3 Å². The monoisotopic (exact) mass is 356 g/mol. The normalized spacial score (nSPS) is 20.3. The Labute approximate surface area is 147 Å². The van der Waals surface area contributed by atoms with Crippen molar-refractivity contribution in [1.29, 1.82) is 0 Å². The number of benzene rings is 1. The van der Waals surface area contributed by atoms with Crippen molar-refractivity contribution >= 4 is 33.4 Å². The van der Waals surface area contributed by atoms with Crippen LogP contribution in [0.3, 0.4) is 0 Å². The number of aliphatic carboxylic acids is 1. The number of para-hydroxylation sites is 1. The van der Waals surface area contributed by atoms with Crippen LogP contribution >= 0.6 is 11.3 Å². The molecule has 7 heteroatoms. The first kappa shape index (κ1) is 15.8. The van der Waals surface area contributed by atoms with Crippen molar-refractivity contribution in [3.05, 3.63) is 42.2 Å². The highest BCUT2D eigenvalue weighted by Gasteiger charge is 2.38. The molecular formula is C18H16N2O4S. The van der Waals surface area contributed by atoms with Crippen molar-refractivity contribution in [1.82, 2.24) is 9.88 Å². The van der Waals surface area contributed by atoms with Gasteiger partial charge in [0.2, 0.25) is 0 Å². The fourth-order valence-corrected chi connectivity index (χ4v) is 4.08. The average molecular weight is 356 g/mol. The van der Waals surface area contributed by atoms with Crippen molar-refractivity contribution in [2.45, 2.75) is 6.92 Å². The van der Waals surface area contributed by atoms with E-state index in [1.807, 2.05) is 31.2 Å². The van der Waals surface area contributed by atoms with Crippen molar-refractivity contribution in [3.8, 4) is 10.8 Å². The lowest BCUT2D eigenvalue weighted by molar-refractivity contribution is -0.142. The summed E-state index contributed by atoms with van der Waals surface area (Å²) in [5, 5.41) is 9.93. The zero-order valence-electron chi connectivity index (χ0n) is 13.5. The number of fused-ring (bicyclic) bond motifs is 1. The lowest BCUT2D eigenvalue weighted by atomic mass is 9.99. The number of aromatic nitrogens is 1. The molecule has 1 aromatic carbocycles. The predicted molar refractivity (Wildman–Crippen MR) is 93.5 cm³/mol. The second-order valence-electron chi connectivity index (χ2n) is 6.28. The molecule has 1 fully saturated rings. The molecule has 1 aliphatic rings. The van der Waals surface area contributed by atoms with Crippen LogP contribution < -0.4 is 0 Å². The zero-order valence-corrected chi connectivity index (χ0v) is 14.3. The predicted octanol–water partition coefficient (Wildman–Crippen LogP) is 3.35. The van der Waals surface area contributed by atoms with Crippen molar-refractivity contribution in [3.63, 3.8) is 0 Å². The quantitative estimate of drug-likeness (QED) is 0.778. The molecule has 3 heterocycles. The second kappa shape index (κ2) is 6.00. The standard InChI is InChI=1S/C18H16N2O4S/c1-10-8-20(9-11(10)18(22)23)17(21)14-7-6-13(24-14)16-19-12-4-2-3-5-15(12)25-16/h2-7,10-11H,8-9H2,1H3,(H,22,23)/t10-,11-/m1/s1. The summed E-state index contributed by atoms with van der Waals surface area (Å²) < 4.78 is 6.77. The summed E-state index contributed by atoms with van der Waals surface area (Å²) in [6, 6.07) is 11.2. The van der Waals surface area contributed by atoms with Gasteiger partial charge in [0, 0.05) is 13.1 Å². The Hall–Kier alpha value is -2.67. The number of carbonyl (C=O) groups is 2. The van der Waals surface area contributed by atoms with Crippen LogP contribution in [0.25, 0.3) is 21.0 Å². The average Bonchev–Trinajstić information content (AvgIpc) is 3.31. The van der Waals surface area contributed by atoms with Crippen LogP contribution in [0.2, 0.25) is 0 Å². The summed E-state index contributed by atoms with van der Waals surface area (Å²) in [7, 11) is 0. The summed E-state index contributed by atoms with van der Waals surface area (Å²) >= 11 is 1.50. The third kappa shape index (κ3) is 2.80. The molecule has 0 saturated carbocycles. The van der Waals surface area contributed by atoms with Gasteiger partial charge in [-0.2, -0.15) is 0 Å². The van der Waals surface area contributed by atoms with E-state index in [1.165, 1.54) is 11.3 Å². The first-order chi connectivity index (χ1) is 12.0. The van der Waals surface area contributed by atoms with Gasteiger partial charge in [0.25, 0.3) is 5.91 Å². The molecular weight excluding hydrogens is 340 g/mol. The van der Waals surface area contributed by atoms with Crippen molar-refractivity contribution in [2.24, 2.45) is 11.8 Å². The summed E-state index contributed by atoms with van der Waals surface area (Å²) in [6.45, 7) is 2.49. The summed E-state index contributed by atoms with van der Waals surface area (Å²) in [5.41, 5.74) is 0.893. The Kier molecular flexibility index (Phi) is 3.80. The maximum Gasteiger partial charge on any atom is 0.308 e. The molecule has 0 unspecified atom stereocenters. The molecule has 25 heavy (non-hydrogen) atoms. The zero-order chi connectivity index (χ0) is 17.6. The number of hydrogen-bond acceptors (Lipinski definition) is 5. The Morgan fingerprint density at radius 2 is 2.04 bits per heavy atom. The highest BCUT2D eigenvalue weighted by Crippen LogP contribution is 2.32. The molecule has 2 aromatic heterocycles. The molecule has 0 spiro atoms. The number of nitrogens with zero attached hydrogens (tertiary/aromatic N) is 2. The maximum absolute atomic E-state index is 12.6. The number of rotatable bonds is 3. The topological polar surface area (TPSA) is 83.6 Å². The van der Waals surface area contributed by atoms with E-state index in [1.54, 1.807) is 17.0 Å². The molecule has 6 nitrogen and oxygen atoms in total. The Morgan fingerprint density at radius 1 is 1.24 bits per heavy atom. The van der Waals surface area contributed by atoms with Crippen molar-refractivity contribution in [2.75, 3.05) is 13.1 Å². The molecule has 0 radical (unpaired) electrons. The van der Waals surface area contributed by atoms with E-state index in [0.717, 1.165) is 15.2 Å². The molecule has 1 N–H and O–H groups in total. The molecule has 4 rings (SSSR count). The van der Waals surface area contributed by atoms with Gasteiger partial charge in [0.05, 0.1) is 16.1 Å². The molecule has 1 saturated heterocycles. The van der Waals surface area contributed by atoms with Crippen LogP contribution in [-0.4, -0.2) is 40.0 Å². The Morgan fingerprint density at radius 3 is 2.76 bits per heavy atom. The van der Waals surface area contributed by atoms with Gasteiger partial charge < -0.3 is 14.4 Å².